The molecule has 0 aliphatic carbocycles. The van der Waals surface area contributed by atoms with Gasteiger partial charge >= 0.3 is 0 Å². The summed E-state index contributed by atoms with van der Waals surface area (Å²) in [7, 11) is 1.59. The van der Waals surface area contributed by atoms with Crippen molar-refractivity contribution in [1.82, 2.24) is 9.78 Å². The van der Waals surface area contributed by atoms with Crippen molar-refractivity contribution < 1.29 is 14.3 Å². The second kappa shape index (κ2) is 10.4. The molecule has 0 spiro atoms. The van der Waals surface area contributed by atoms with Crippen LogP contribution in [-0.4, -0.2) is 28.7 Å². The van der Waals surface area contributed by atoms with Crippen molar-refractivity contribution in [2.45, 2.75) is 19.9 Å². The van der Waals surface area contributed by atoms with E-state index in [0.717, 1.165) is 11.1 Å². The molecule has 8 nitrogen and oxygen atoms in total. The van der Waals surface area contributed by atoms with E-state index in [2.05, 4.69) is 21.0 Å². The molecular formula is C29H26ClN5O3. The standard InChI is InChI=1S/C29H26ClN5O3/c1-17-6-4-9-22(14-17)34-28(36)24-16-31-35-26(19-7-5-8-20(30)15-19)25(18(2)32-27(24)35)29(37)33-21-10-12-23(38-3)13-11-21/h4-16,26,32H,1-3H3,(H,33,37)(H,34,36). The molecule has 2 amide bonds. The highest BCUT2D eigenvalue weighted by molar-refractivity contribution is 6.30. The zero-order valence-corrected chi connectivity index (χ0v) is 21.8. The monoisotopic (exact) mass is 527 g/mol. The van der Waals surface area contributed by atoms with Crippen LogP contribution >= 0.6 is 11.6 Å². The molecule has 0 radical (unpaired) electrons. The first-order valence-corrected chi connectivity index (χ1v) is 12.4. The highest BCUT2D eigenvalue weighted by atomic mass is 35.5. The first-order chi connectivity index (χ1) is 18.3. The minimum atomic E-state index is -0.622. The molecule has 1 aliphatic rings. The molecule has 38 heavy (non-hydrogen) atoms. The number of nitrogens with one attached hydrogen (secondary N) is 3. The number of fused-ring (bicyclic) bond motifs is 1. The van der Waals surface area contributed by atoms with Crippen LogP contribution in [0.3, 0.4) is 0 Å². The van der Waals surface area contributed by atoms with Crippen molar-refractivity contribution in [2.75, 3.05) is 23.1 Å². The minimum Gasteiger partial charge on any atom is -0.497 e. The zero-order chi connectivity index (χ0) is 26.8. The van der Waals surface area contributed by atoms with Crippen LogP contribution in [0, 0.1) is 6.92 Å². The normalized spacial score (nSPS) is 14.4. The van der Waals surface area contributed by atoms with Gasteiger partial charge in [-0.2, -0.15) is 5.10 Å². The Morgan fingerprint density at radius 3 is 2.39 bits per heavy atom. The fourth-order valence-corrected chi connectivity index (χ4v) is 4.69. The van der Waals surface area contributed by atoms with E-state index < -0.39 is 6.04 Å². The van der Waals surface area contributed by atoms with Gasteiger partial charge < -0.3 is 20.7 Å². The van der Waals surface area contributed by atoms with Gasteiger partial charge in [-0.05, 0) is 73.5 Å². The fourth-order valence-electron chi connectivity index (χ4n) is 4.49. The number of aryl methyl sites for hydroxylation is 1. The number of nitrogens with zero attached hydrogens (tertiary/aromatic N) is 2. The second-order valence-corrected chi connectivity index (χ2v) is 9.42. The smallest absolute Gasteiger partial charge is 0.261 e. The molecule has 1 unspecified atom stereocenters. The van der Waals surface area contributed by atoms with E-state index in [1.807, 2.05) is 43.3 Å². The maximum Gasteiger partial charge on any atom is 0.261 e. The van der Waals surface area contributed by atoms with Gasteiger partial charge in [-0.1, -0.05) is 35.9 Å². The number of methoxy groups -OCH3 is 1. The number of hydrogen-bond donors (Lipinski definition) is 3. The van der Waals surface area contributed by atoms with E-state index in [0.29, 0.717) is 44.8 Å². The molecule has 9 heteroatoms. The Morgan fingerprint density at radius 2 is 1.68 bits per heavy atom. The molecule has 3 aromatic carbocycles. The van der Waals surface area contributed by atoms with Gasteiger partial charge in [-0.15, -0.1) is 0 Å². The van der Waals surface area contributed by atoms with Crippen LogP contribution in [-0.2, 0) is 4.79 Å². The number of rotatable bonds is 6. The number of carbonyl (C=O) groups is 2. The Kier molecular flexibility index (Phi) is 6.89. The highest BCUT2D eigenvalue weighted by Crippen LogP contribution is 2.38. The van der Waals surface area contributed by atoms with Gasteiger partial charge in [0.15, 0.2) is 0 Å². The quantitative estimate of drug-likeness (QED) is 0.284. The van der Waals surface area contributed by atoms with E-state index in [-0.39, 0.29) is 11.8 Å². The van der Waals surface area contributed by atoms with E-state index in [9.17, 15) is 9.59 Å². The Hall–Kier alpha value is -4.56. The molecular weight excluding hydrogens is 502 g/mol. The molecule has 4 aromatic rings. The number of allylic oxidation sites excluding steroid dienone is 1. The molecule has 0 saturated heterocycles. The first-order valence-electron chi connectivity index (χ1n) is 12.0. The third-order valence-corrected chi connectivity index (χ3v) is 6.54. The predicted molar refractivity (Wildman–Crippen MR) is 149 cm³/mol. The van der Waals surface area contributed by atoms with Gasteiger partial charge in [0.2, 0.25) is 0 Å². The lowest BCUT2D eigenvalue weighted by atomic mass is 9.94. The molecule has 1 aromatic heterocycles. The lowest BCUT2D eigenvalue weighted by molar-refractivity contribution is -0.113. The number of benzene rings is 3. The first kappa shape index (κ1) is 25.1. The minimum absolute atomic E-state index is 0.308. The largest absolute Gasteiger partial charge is 0.497 e. The third-order valence-electron chi connectivity index (χ3n) is 6.30. The predicted octanol–water partition coefficient (Wildman–Crippen LogP) is 6.03. The van der Waals surface area contributed by atoms with E-state index in [4.69, 9.17) is 16.3 Å². The number of hydrogen-bond acceptors (Lipinski definition) is 5. The van der Waals surface area contributed by atoms with Crippen LogP contribution in [0.15, 0.2) is 90.3 Å². The molecule has 2 heterocycles. The van der Waals surface area contributed by atoms with Crippen molar-refractivity contribution >= 4 is 40.6 Å². The van der Waals surface area contributed by atoms with Crippen LogP contribution in [0.4, 0.5) is 17.2 Å². The Bertz CT molecular complexity index is 1560. The van der Waals surface area contributed by atoms with Crippen LogP contribution in [0.2, 0.25) is 5.02 Å². The summed E-state index contributed by atoms with van der Waals surface area (Å²) in [6.45, 7) is 3.76. The Labute approximate surface area is 225 Å². The average molecular weight is 528 g/mol. The molecule has 3 N–H and O–H groups in total. The maximum atomic E-state index is 13.6. The van der Waals surface area contributed by atoms with Crippen LogP contribution in [0.5, 0.6) is 5.75 Å². The summed E-state index contributed by atoms with van der Waals surface area (Å²) < 4.78 is 6.85. The fraction of sp³-hybridized carbons (Fsp3) is 0.138. The van der Waals surface area contributed by atoms with Gasteiger partial charge in [0.05, 0.1) is 18.9 Å². The highest BCUT2D eigenvalue weighted by Gasteiger charge is 2.35. The molecule has 0 saturated carbocycles. The SMILES string of the molecule is COc1ccc(NC(=O)C2=C(C)Nc3c(C(=O)Nc4cccc(C)c4)cnn3C2c2cccc(Cl)c2)cc1. The third kappa shape index (κ3) is 4.99. The number of amides is 2. The van der Waals surface area contributed by atoms with Crippen LogP contribution in [0.1, 0.15) is 34.5 Å². The van der Waals surface area contributed by atoms with Gasteiger partial charge in [0.25, 0.3) is 11.8 Å². The molecule has 1 aliphatic heterocycles. The Morgan fingerprint density at radius 1 is 0.947 bits per heavy atom. The van der Waals surface area contributed by atoms with Crippen LogP contribution < -0.4 is 20.7 Å². The lowest BCUT2D eigenvalue weighted by Gasteiger charge is -2.30. The van der Waals surface area contributed by atoms with Crippen molar-refractivity contribution in [2.24, 2.45) is 0 Å². The summed E-state index contributed by atoms with van der Waals surface area (Å²) in [5.74, 6) is 0.552. The molecule has 0 fully saturated rings. The summed E-state index contributed by atoms with van der Waals surface area (Å²) in [5.41, 5.74) is 4.49. The van der Waals surface area contributed by atoms with E-state index in [1.54, 1.807) is 55.1 Å². The van der Waals surface area contributed by atoms with Crippen molar-refractivity contribution in [1.29, 1.82) is 0 Å². The number of ether oxygens (including phenoxy) is 1. The number of aromatic nitrogens is 2. The second-order valence-electron chi connectivity index (χ2n) is 8.98. The molecule has 0 bridgehead atoms. The van der Waals surface area contributed by atoms with Gasteiger partial charge in [-0.25, -0.2) is 4.68 Å². The molecule has 1 atom stereocenters. The van der Waals surface area contributed by atoms with Gasteiger partial charge in [0.1, 0.15) is 23.2 Å². The summed E-state index contributed by atoms with van der Waals surface area (Å²) in [6, 6.07) is 21.3. The van der Waals surface area contributed by atoms with Crippen molar-refractivity contribution in [3.63, 3.8) is 0 Å². The topological polar surface area (TPSA) is 97.3 Å². The number of carbonyl (C=O) groups excluding carboxylic acids is 2. The van der Waals surface area contributed by atoms with Crippen molar-refractivity contribution in [3.05, 3.63) is 112 Å². The van der Waals surface area contributed by atoms with E-state index in [1.165, 1.54) is 6.20 Å². The molecule has 5 rings (SSSR count). The summed E-state index contributed by atoms with van der Waals surface area (Å²) in [5, 5.41) is 14.2. The van der Waals surface area contributed by atoms with Gasteiger partial charge in [0, 0.05) is 22.1 Å². The summed E-state index contributed by atoms with van der Waals surface area (Å²) >= 11 is 6.33. The van der Waals surface area contributed by atoms with Gasteiger partial charge in [-0.3, -0.25) is 9.59 Å². The van der Waals surface area contributed by atoms with Crippen LogP contribution in [0.25, 0.3) is 0 Å². The number of halogens is 1. The summed E-state index contributed by atoms with van der Waals surface area (Å²) in [6.07, 6.45) is 1.50. The van der Waals surface area contributed by atoms with Crippen molar-refractivity contribution in [3.8, 4) is 5.75 Å². The number of anilines is 3. The maximum absolute atomic E-state index is 13.6. The lowest BCUT2D eigenvalue weighted by Crippen LogP contribution is -2.32. The van der Waals surface area contributed by atoms with E-state index >= 15 is 0 Å². The zero-order valence-electron chi connectivity index (χ0n) is 21.1. The summed E-state index contributed by atoms with van der Waals surface area (Å²) in [4.78, 5) is 26.9. The average Bonchev–Trinajstić information content (AvgIpc) is 3.31. The molecule has 192 valence electrons. The Balaban J connectivity index is 1.52.